The van der Waals surface area contributed by atoms with Crippen molar-refractivity contribution in [1.29, 1.82) is 0 Å². The fourth-order valence-electron chi connectivity index (χ4n) is 0. The summed E-state index contributed by atoms with van der Waals surface area (Å²) in [5.74, 6) is 0. The summed E-state index contributed by atoms with van der Waals surface area (Å²) in [7, 11) is 0. The van der Waals surface area contributed by atoms with Gasteiger partial charge < -0.3 is 0 Å². The molecule has 2 radical (unpaired) electrons. The van der Waals surface area contributed by atoms with E-state index in [1.54, 1.807) is 0 Å². The Morgan fingerprint density at radius 1 is 1.25 bits per heavy atom. The van der Waals surface area contributed by atoms with Crippen molar-refractivity contribution in [3.63, 3.8) is 0 Å². The van der Waals surface area contributed by atoms with Gasteiger partial charge in [-0.3, -0.25) is 0 Å². The van der Waals surface area contributed by atoms with Gasteiger partial charge in [-0.15, -0.1) is 0 Å². The molecule has 0 fully saturated rings. The van der Waals surface area contributed by atoms with Gasteiger partial charge in [-0.2, -0.15) is 0 Å². The number of hydrogen-bond acceptors (Lipinski definition) is 1. The minimum atomic E-state index is 0. The molecular formula is LaOSbTi. The minimum absolute atomic E-state index is 0. The molecule has 0 aliphatic heterocycles. The van der Waals surface area contributed by atoms with Crippen molar-refractivity contribution in [2.75, 3.05) is 0 Å². The van der Waals surface area contributed by atoms with Crippen molar-refractivity contribution >= 4 is 23.0 Å². The third-order valence-corrected chi connectivity index (χ3v) is 0. The second kappa shape index (κ2) is 17.7. The molecule has 0 aliphatic carbocycles. The molecule has 1 nitrogen and oxygen atoms in total. The number of rotatable bonds is 0. The molecule has 0 aliphatic rings. The Hall–Kier alpha value is 2.53. The third-order valence-electron chi connectivity index (χ3n) is 0. The van der Waals surface area contributed by atoms with E-state index >= 15 is 0 Å². The van der Waals surface area contributed by atoms with E-state index in [0.717, 1.165) is 0 Å². The molecule has 0 N–H and O–H groups in total. The molecule has 0 rings (SSSR count). The van der Waals surface area contributed by atoms with Gasteiger partial charge in [0.1, 0.15) is 0 Å². The predicted molar refractivity (Wildman–Crippen MR) is 6.44 cm³/mol. The van der Waals surface area contributed by atoms with Crippen LogP contribution in [0.15, 0.2) is 0 Å². The fraction of sp³-hybridized carbons (Fsp3) is 0. The van der Waals surface area contributed by atoms with Gasteiger partial charge in [0, 0.05) is 57.3 Å². The predicted octanol–water partition coefficient (Wildman–Crippen LogP) is -0.502. The zero-order valence-electron chi connectivity index (χ0n) is 1.93. The molecule has 0 atom stereocenters. The molecule has 18 valence electrons. The monoisotopic (exact) mass is 324 g/mol. The summed E-state index contributed by atoms with van der Waals surface area (Å²) < 4.78 is 8.30. The van der Waals surface area contributed by atoms with Gasteiger partial charge in [-0.05, 0) is 0 Å². The zero-order chi connectivity index (χ0) is 2.00. The molecule has 0 unspecified atom stereocenters. The van der Waals surface area contributed by atoms with Crippen LogP contribution in [0.4, 0.5) is 0 Å². The summed E-state index contributed by atoms with van der Waals surface area (Å²) in [6.07, 6.45) is 0. The SMILES string of the molecule is [La].[O]=[Sb].[Ti]. The first kappa shape index (κ1) is 16.0. The molecule has 0 saturated heterocycles. The maximum atomic E-state index is 8.30. The van der Waals surface area contributed by atoms with Crippen LogP contribution < -0.4 is 0 Å². The van der Waals surface area contributed by atoms with E-state index in [0.29, 0.717) is 23.0 Å². The Morgan fingerprint density at radius 3 is 1.25 bits per heavy atom. The van der Waals surface area contributed by atoms with Crippen LogP contribution in [-0.2, 0) is 24.7 Å². The van der Waals surface area contributed by atoms with Crippen molar-refractivity contribution in [2.24, 2.45) is 0 Å². The summed E-state index contributed by atoms with van der Waals surface area (Å²) in [5.41, 5.74) is 0. The van der Waals surface area contributed by atoms with Crippen LogP contribution in [0, 0.1) is 35.6 Å². The van der Waals surface area contributed by atoms with E-state index in [2.05, 4.69) is 0 Å². The summed E-state index contributed by atoms with van der Waals surface area (Å²) in [6.45, 7) is 0. The molecule has 0 bridgehead atoms. The summed E-state index contributed by atoms with van der Waals surface area (Å²) in [5, 5.41) is 0. The summed E-state index contributed by atoms with van der Waals surface area (Å²) in [4.78, 5) is 0. The minimum Gasteiger partial charge on any atom is 0 e. The molecule has 4 heteroatoms. The molecule has 0 spiro atoms. The van der Waals surface area contributed by atoms with E-state index in [4.69, 9.17) is 3.02 Å². The van der Waals surface area contributed by atoms with E-state index in [1.165, 1.54) is 0 Å². The standard InChI is InChI=1S/La.O.Sb.Ti. The Morgan fingerprint density at radius 2 is 1.25 bits per heavy atom. The maximum absolute atomic E-state index is 8.30. The van der Waals surface area contributed by atoms with Gasteiger partial charge in [-0.1, -0.05) is 0 Å². The van der Waals surface area contributed by atoms with Crippen LogP contribution in [-0.4, -0.2) is 23.0 Å². The average Bonchev–Trinajstić information content (AvgIpc) is 1.00. The fourth-order valence-corrected chi connectivity index (χ4v) is 0. The van der Waals surface area contributed by atoms with Gasteiger partial charge >= 0.3 is 26.0 Å². The van der Waals surface area contributed by atoms with Gasteiger partial charge in [0.05, 0.1) is 0 Å². The van der Waals surface area contributed by atoms with Gasteiger partial charge in [0.15, 0.2) is 0 Å². The number of hydrogen-bond donors (Lipinski definition) is 0. The van der Waals surface area contributed by atoms with Gasteiger partial charge in [0.2, 0.25) is 0 Å². The molecule has 0 amide bonds. The van der Waals surface area contributed by atoms with E-state index in [1.807, 2.05) is 0 Å². The molecule has 0 heterocycles. The second-order valence-corrected chi connectivity index (χ2v) is 0. The Bertz CT molecular complexity index is 8.00. The topological polar surface area (TPSA) is 17.1 Å². The van der Waals surface area contributed by atoms with Crippen molar-refractivity contribution in [3.05, 3.63) is 0 Å². The average molecular weight is 325 g/mol. The molecular weight excluding hydrogens is 325 g/mol. The van der Waals surface area contributed by atoms with E-state index in [9.17, 15) is 0 Å². The smallest absolute Gasteiger partial charge is 0 e. The molecule has 4 heavy (non-hydrogen) atoms. The van der Waals surface area contributed by atoms with Crippen molar-refractivity contribution in [1.82, 2.24) is 0 Å². The van der Waals surface area contributed by atoms with Crippen LogP contribution in [0.1, 0.15) is 0 Å². The van der Waals surface area contributed by atoms with Crippen LogP contribution in [0.5, 0.6) is 0 Å². The normalized spacial score (nSPS) is 1.00. The Balaban J connectivity index is -0.00000000500. The summed E-state index contributed by atoms with van der Waals surface area (Å²) >= 11 is 0.500. The van der Waals surface area contributed by atoms with E-state index in [-0.39, 0.29) is 57.3 Å². The first-order chi connectivity index (χ1) is 1.00. The third kappa shape index (κ3) is 8.82. The first-order valence-electron chi connectivity index (χ1n) is 0.183. The van der Waals surface area contributed by atoms with Crippen LogP contribution >= 0.6 is 0 Å². The quantitative estimate of drug-likeness (QED) is 0.549. The van der Waals surface area contributed by atoms with Gasteiger partial charge in [0.25, 0.3) is 0 Å². The van der Waals surface area contributed by atoms with Crippen LogP contribution in [0.2, 0.25) is 0 Å². The Kier molecular flexibility index (Phi) is 71.1. The van der Waals surface area contributed by atoms with Crippen molar-refractivity contribution in [2.45, 2.75) is 0 Å². The molecule has 0 aromatic carbocycles. The summed E-state index contributed by atoms with van der Waals surface area (Å²) in [6, 6.07) is 0. The van der Waals surface area contributed by atoms with Gasteiger partial charge in [-0.25, -0.2) is 0 Å². The van der Waals surface area contributed by atoms with Crippen molar-refractivity contribution < 1.29 is 60.3 Å². The first-order valence-corrected chi connectivity index (χ1v) is 1.22. The van der Waals surface area contributed by atoms with Crippen LogP contribution in [0.25, 0.3) is 0 Å². The molecule has 0 saturated carbocycles. The molecule has 0 aromatic rings. The largest absolute Gasteiger partial charge is 0 e. The second-order valence-electron chi connectivity index (χ2n) is 0. The zero-order valence-corrected chi connectivity index (χ0v) is 9.67. The van der Waals surface area contributed by atoms with Crippen LogP contribution in [0.3, 0.4) is 0 Å². The molecule has 0 aromatic heterocycles. The van der Waals surface area contributed by atoms with Crippen molar-refractivity contribution in [3.8, 4) is 0 Å². The van der Waals surface area contributed by atoms with E-state index < -0.39 is 0 Å². The Labute approximate surface area is 81.7 Å². The maximum Gasteiger partial charge on any atom is 0 e.